The molecule has 0 heterocycles. The van der Waals surface area contributed by atoms with Gasteiger partial charge in [0.05, 0.1) is 11.1 Å². The molecular formula is C16H19F6NO2. The van der Waals surface area contributed by atoms with Crippen molar-refractivity contribution in [2.24, 2.45) is 11.7 Å². The molecule has 0 aliphatic heterocycles. The van der Waals surface area contributed by atoms with Crippen LogP contribution in [0, 0.1) is 5.92 Å². The molecule has 0 radical (unpaired) electrons. The second kappa shape index (κ2) is 7.23. The number of benzene rings is 1. The Balaban J connectivity index is 3.31. The quantitative estimate of drug-likeness (QED) is 0.725. The van der Waals surface area contributed by atoms with Crippen LogP contribution in [0.25, 0.3) is 0 Å². The maximum absolute atomic E-state index is 13.2. The summed E-state index contributed by atoms with van der Waals surface area (Å²) in [7, 11) is 0. The molecule has 0 aliphatic rings. The van der Waals surface area contributed by atoms with Gasteiger partial charge in [0, 0.05) is 0 Å². The Morgan fingerprint density at radius 2 is 1.72 bits per heavy atom. The minimum Gasteiger partial charge on any atom is -0.480 e. The van der Waals surface area contributed by atoms with Crippen LogP contribution in [-0.4, -0.2) is 16.6 Å². The number of carboxylic acids is 1. The zero-order valence-electron chi connectivity index (χ0n) is 13.6. The van der Waals surface area contributed by atoms with Crippen LogP contribution in [0.15, 0.2) is 18.2 Å². The van der Waals surface area contributed by atoms with Crippen LogP contribution in [0.3, 0.4) is 0 Å². The monoisotopic (exact) mass is 371 g/mol. The van der Waals surface area contributed by atoms with Crippen molar-refractivity contribution in [1.29, 1.82) is 0 Å². The van der Waals surface area contributed by atoms with E-state index in [9.17, 15) is 31.1 Å². The highest BCUT2D eigenvalue weighted by molar-refractivity contribution is 5.77. The summed E-state index contributed by atoms with van der Waals surface area (Å²) in [6.07, 6.45) is -10.6. The highest BCUT2D eigenvalue weighted by Gasteiger charge is 2.45. The predicted octanol–water partition coefficient (Wildman–Crippen LogP) is 4.49. The third kappa shape index (κ3) is 5.35. The molecule has 0 fully saturated rings. The maximum atomic E-state index is 13.2. The lowest BCUT2D eigenvalue weighted by atomic mass is 9.83. The highest BCUT2D eigenvalue weighted by Crippen LogP contribution is 2.43. The second-order valence-corrected chi connectivity index (χ2v) is 6.24. The average molecular weight is 371 g/mol. The maximum Gasteiger partial charge on any atom is 0.417 e. The lowest BCUT2D eigenvalue weighted by Crippen LogP contribution is -2.46. The van der Waals surface area contributed by atoms with Crippen molar-refractivity contribution in [2.45, 2.75) is 51.0 Å². The first-order chi connectivity index (χ1) is 11.2. The van der Waals surface area contributed by atoms with Crippen molar-refractivity contribution in [2.75, 3.05) is 0 Å². The van der Waals surface area contributed by atoms with Gasteiger partial charge in [0.15, 0.2) is 0 Å². The van der Waals surface area contributed by atoms with Crippen LogP contribution >= 0.6 is 0 Å². The van der Waals surface area contributed by atoms with Crippen molar-refractivity contribution in [3.8, 4) is 0 Å². The van der Waals surface area contributed by atoms with E-state index >= 15 is 0 Å². The molecule has 3 N–H and O–H groups in total. The van der Waals surface area contributed by atoms with E-state index in [0.29, 0.717) is 6.07 Å². The van der Waals surface area contributed by atoms with Gasteiger partial charge in [-0.05, 0) is 37.3 Å². The summed E-state index contributed by atoms with van der Waals surface area (Å²) in [6, 6.07) is 2.28. The van der Waals surface area contributed by atoms with E-state index in [1.165, 1.54) is 6.92 Å². The standard InChI is InChI=1S/C16H19F6NO2/c1-3-9(8-14(2,23)13(24)25)7-10-5-4-6-11(15(17,18)19)12(10)16(20,21)22/h4-6,9H,3,7-8,23H2,1-2H3,(H,24,25). The molecule has 0 saturated carbocycles. The SMILES string of the molecule is CCC(Cc1cccc(C(F)(F)F)c1C(F)(F)F)CC(C)(N)C(=O)O. The van der Waals surface area contributed by atoms with Gasteiger partial charge in [-0.3, -0.25) is 4.79 Å². The minimum atomic E-state index is -5.18. The Morgan fingerprint density at radius 1 is 1.16 bits per heavy atom. The smallest absolute Gasteiger partial charge is 0.417 e. The molecule has 9 heteroatoms. The molecule has 1 rings (SSSR count). The zero-order valence-corrected chi connectivity index (χ0v) is 13.6. The predicted molar refractivity (Wildman–Crippen MR) is 78.8 cm³/mol. The highest BCUT2D eigenvalue weighted by atomic mass is 19.4. The van der Waals surface area contributed by atoms with Gasteiger partial charge in [-0.25, -0.2) is 0 Å². The fraction of sp³-hybridized carbons (Fsp3) is 0.562. The van der Waals surface area contributed by atoms with Gasteiger partial charge in [0.1, 0.15) is 5.54 Å². The molecule has 142 valence electrons. The summed E-state index contributed by atoms with van der Waals surface area (Å²) in [6.45, 7) is 2.83. The van der Waals surface area contributed by atoms with Crippen LogP contribution < -0.4 is 5.73 Å². The van der Waals surface area contributed by atoms with E-state index in [0.717, 1.165) is 12.1 Å². The van der Waals surface area contributed by atoms with E-state index in [1.807, 2.05) is 0 Å². The Bertz CT molecular complexity index is 622. The molecule has 0 bridgehead atoms. The number of hydrogen-bond acceptors (Lipinski definition) is 2. The van der Waals surface area contributed by atoms with Crippen LogP contribution in [0.5, 0.6) is 0 Å². The molecule has 0 amide bonds. The number of alkyl halides is 6. The Kier molecular flexibility index (Phi) is 6.15. The van der Waals surface area contributed by atoms with Gasteiger partial charge in [0.25, 0.3) is 0 Å². The first kappa shape index (κ1) is 21.3. The average Bonchev–Trinajstić information content (AvgIpc) is 2.43. The molecule has 0 aliphatic carbocycles. The zero-order chi connectivity index (χ0) is 19.6. The molecule has 25 heavy (non-hydrogen) atoms. The number of rotatable bonds is 6. The lowest BCUT2D eigenvalue weighted by molar-refractivity contribution is -0.162. The number of nitrogens with two attached hydrogens (primary N) is 1. The summed E-state index contributed by atoms with van der Waals surface area (Å²) in [5.41, 5.74) is -0.0630. The molecule has 0 spiro atoms. The fourth-order valence-corrected chi connectivity index (χ4v) is 2.70. The van der Waals surface area contributed by atoms with Crippen molar-refractivity contribution >= 4 is 5.97 Å². The topological polar surface area (TPSA) is 63.3 Å². The van der Waals surface area contributed by atoms with E-state index in [1.54, 1.807) is 6.92 Å². The first-order valence-corrected chi connectivity index (χ1v) is 7.48. The summed E-state index contributed by atoms with van der Waals surface area (Å²) >= 11 is 0. The van der Waals surface area contributed by atoms with E-state index in [4.69, 9.17) is 10.8 Å². The molecule has 0 saturated heterocycles. The van der Waals surface area contributed by atoms with Crippen molar-refractivity contribution < 1.29 is 36.2 Å². The van der Waals surface area contributed by atoms with Crippen LogP contribution in [0.4, 0.5) is 26.3 Å². The van der Waals surface area contributed by atoms with Crippen LogP contribution in [0.2, 0.25) is 0 Å². The van der Waals surface area contributed by atoms with Gasteiger partial charge in [-0.1, -0.05) is 25.5 Å². The lowest BCUT2D eigenvalue weighted by Gasteiger charge is -2.27. The Labute approximate surface area is 140 Å². The number of carbonyl (C=O) groups is 1. The summed E-state index contributed by atoms with van der Waals surface area (Å²) in [4.78, 5) is 11.1. The summed E-state index contributed by atoms with van der Waals surface area (Å²) in [5, 5.41) is 9.03. The fourth-order valence-electron chi connectivity index (χ4n) is 2.70. The van der Waals surface area contributed by atoms with Crippen molar-refractivity contribution in [1.82, 2.24) is 0 Å². The van der Waals surface area contributed by atoms with Crippen LogP contribution in [-0.2, 0) is 23.6 Å². The van der Waals surface area contributed by atoms with Gasteiger partial charge >= 0.3 is 18.3 Å². The minimum absolute atomic E-state index is 0.160. The molecule has 2 atom stereocenters. The third-order valence-corrected chi connectivity index (χ3v) is 4.03. The van der Waals surface area contributed by atoms with Crippen molar-refractivity contribution in [3.63, 3.8) is 0 Å². The Hall–Kier alpha value is -1.77. The molecular weight excluding hydrogens is 352 g/mol. The van der Waals surface area contributed by atoms with Gasteiger partial charge in [-0.2, -0.15) is 26.3 Å². The van der Waals surface area contributed by atoms with Gasteiger partial charge in [0.2, 0.25) is 0 Å². The van der Waals surface area contributed by atoms with E-state index in [2.05, 4.69) is 0 Å². The van der Waals surface area contributed by atoms with Crippen LogP contribution in [0.1, 0.15) is 43.4 Å². The molecule has 1 aromatic carbocycles. The normalized spacial score (nSPS) is 16.4. The van der Waals surface area contributed by atoms with E-state index < -0.39 is 46.5 Å². The number of carboxylic acid groups (broad SMARTS) is 1. The van der Waals surface area contributed by atoms with E-state index in [-0.39, 0.29) is 19.3 Å². The van der Waals surface area contributed by atoms with Gasteiger partial charge in [-0.15, -0.1) is 0 Å². The Morgan fingerprint density at radius 3 is 2.12 bits per heavy atom. The first-order valence-electron chi connectivity index (χ1n) is 7.48. The largest absolute Gasteiger partial charge is 0.480 e. The summed E-state index contributed by atoms with van der Waals surface area (Å²) in [5.74, 6) is -1.94. The number of aliphatic carboxylic acids is 1. The summed E-state index contributed by atoms with van der Waals surface area (Å²) < 4.78 is 78.6. The molecule has 3 nitrogen and oxygen atoms in total. The molecule has 1 aromatic rings. The van der Waals surface area contributed by atoms with Gasteiger partial charge < -0.3 is 10.8 Å². The molecule has 2 unspecified atom stereocenters. The number of halogens is 6. The second-order valence-electron chi connectivity index (χ2n) is 6.24. The third-order valence-electron chi connectivity index (χ3n) is 4.03. The molecule has 0 aromatic heterocycles. The van der Waals surface area contributed by atoms with Crippen molar-refractivity contribution in [3.05, 3.63) is 34.9 Å². The number of hydrogen-bond donors (Lipinski definition) is 2.